The van der Waals surface area contributed by atoms with Crippen LogP contribution in [0.25, 0.3) is 11.1 Å². The van der Waals surface area contributed by atoms with Crippen LogP contribution in [0.5, 0.6) is 5.88 Å². The first-order valence-corrected chi connectivity index (χ1v) is 11.4. The first kappa shape index (κ1) is 21.0. The lowest BCUT2D eigenvalue weighted by Crippen LogP contribution is -2.19. The molecule has 5 heteroatoms. The number of Topliss-reactive ketones (excluding diaryl/α,β-unsaturated/α-hetero) is 2. The fraction of sp³-hybridized carbons (Fsp3) is 0.480. The number of hydrogen-bond acceptors (Lipinski definition) is 4. The summed E-state index contributed by atoms with van der Waals surface area (Å²) >= 11 is 6.04. The average Bonchev–Trinajstić information content (AvgIpc) is 3.59. The Labute approximate surface area is 183 Å². The number of ether oxygens (including phenoxy) is 1. The van der Waals surface area contributed by atoms with Crippen molar-refractivity contribution in [2.24, 2.45) is 11.8 Å². The Bertz CT molecular complexity index is 905. The molecule has 4 rings (SSSR count). The molecular formula is C25H28ClNO3. The van der Waals surface area contributed by atoms with Crippen molar-refractivity contribution in [1.29, 1.82) is 0 Å². The normalized spacial score (nSPS) is 19.0. The molecule has 30 heavy (non-hydrogen) atoms. The van der Waals surface area contributed by atoms with E-state index in [1.54, 1.807) is 6.20 Å². The Morgan fingerprint density at radius 1 is 1.13 bits per heavy atom. The average molecular weight is 426 g/mol. The number of nitrogens with zero attached hydrogens (tertiary/aromatic N) is 1. The zero-order valence-electron chi connectivity index (χ0n) is 17.2. The van der Waals surface area contributed by atoms with Gasteiger partial charge in [-0.25, -0.2) is 4.98 Å². The van der Waals surface area contributed by atoms with E-state index in [4.69, 9.17) is 16.3 Å². The number of carbonyl (C=O) groups excluding carboxylic acids is 2. The summed E-state index contributed by atoms with van der Waals surface area (Å²) in [7, 11) is 0. The molecule has 2 saturated carbocycles. The molecule has 1 aromatic heterocycles. The van der Waals surface area contributed by atoms with Crippen LogP contribution >= 0.6 is 11.6 Å². The van der Waals surface area contributed by atoms with Crippen LogP contribution in [0.2, 0.25) is 5.02 Å². The van der Waals surface area contributed by atoms with Gasteiger partial charge in [0.15, 0.2) is 5.78 Å². The van der Waals surface area contributed by atoms with Crippen LogP contribution in [0.3, 0.4) is 0 Å². The second-order valence-corrected chi connectivity index (χ2v) is 9.00. The van der Waals surface area contributed by atoms with Crippen LogP contribution in [0, 0.1) is 11.8 Å². The minimum atomic E-state index is 0.0646. The van der Waals surface area contributed by atoms with Crippen LogP contribution in [0.1, 0.15) is 68.1 Å². The van der Waals surface area contributed by atoms with E-state index in [1.165, 1.54) is 12.8 Å². The topological polar surface area (TPSA) is 56.3 Å². The SMILES string of the molecule is O=C(CCCC1CCCCC1=O)c1cnc(OCC2CC2)c(-c2ccc(Cl)cc2)c1. The van der Waals surface area contributed by atoms with E-state index in [-0.39, 0.29) is 11.7 Å². The van der Waals surface area contributed by atoms with Gasteiger partial charge in [0, 0.05) is 41.1 Å². The highest BCUT2D eigenvalue weighted by molar-refractivity contribution is 6.30. The molecule has 1 unspecified atom stereocenters. The number of hydrogen-bond donors (Lipinski definition) is 0. The number of benzene rings is 1. The summed E-state index contributed by atoms with van der Waals surface area (Å²) in [5, 5.41) is 0.664. The molecule has 0 amide bonds. The van der Waals surface area contributed by atoms with Crippen molar-refractivity contribution in [2.75, 3.05) is 6.61 Å². The zero-order valence-corrected chi connectivity index (χ0v) is 18.0. The summed E-state index contributed by atoms with van der Waals surface area (Å²) in [4.78, 5) is 29.3. The maximum absolute atomic E-state index is 12.8. The van der Waals surface area contributed by atoms with Gasteiger partial charge < -0.3 is 4.74 Å². The van der Waals surface area contributed by atoms with E-state index < -0.39 is 0 Å². The van der Waals surface area contributed by atoms with Crippen molar-refractivity contribution in [1.82, 2.24) is 4.98 Å². The molecular weight excluding hydrogens is 398 g/mol. The number of aromatic nitrogens is 1. The molecule has 2 aliphatic carbocycles. The Morgan fingerprint density at radius 2 is 1.93 bits per heavy atom. The highest BCUT2D eigenvalue weighted by Crippen LogP contribution is 2.34. The van der Waals surface area contributed by atoms with Gasteiger partial charge in [0.2, 0.25) is 5.88 Å². The molecule has 0 radical (unpaired) electrons. The van der Waals surface area contributed by atoms with Crippen LogP contribution < -0.4 is 4.74 Å². The molecule has 0 saturated heterocycles. The van der Waals surface area contributed by atoms with Gasteiger partial charge in [-0.3, -0.25) is 9.59 Å². The highest BCUT2D eigenvalue weighted by Gasteiger charge is 2.24. The van der Waals surface area contributed by atoms with Crippen molar-refractivity contribution >= 4 is 23.2 Å². The Hall–Kier alpha value is -2.20. The number of halogens is 1. The second-order valence-electron chi connectivity index (χ2n) is 8.56. The van der Waals surface area contributed by atoms with Gasteiger partial charge in [0.1, 0.15) is 5.78 Å². The molecule has 1 atom stereocenters. The van der Waals surface area contributed by atoms with Gasteiger partial charge in [-0.15, -0.1) is 0 Å². The summed E-state index contributed by atoms with van der Waals surface area (Å²) in [6, 6.07) is 9.39. The minimum absolute atomic E-state index is 0.0646. The van der Waals surface area contributed by atoms with E-state index in [9.17, 15) is 9.59 Å². The monoisotopic (exact) mass is 425 g/mol. The van der Waals surface area contributed by atoms with Crippen LogP contribution in [-0.2, 0) is 4.79 Å². The third-order valence-electron chi connectivity index (χ3n) is 6.12. The van der Waals surface area contributed by atoms with Crippen LogP contribution in [0.15, 0.2) is 36.5 Å². The van der Waals surface area contributed by atoms with Gasteiger partial charge in [0.25, 0.3) is 0 Å². The van der Waals surface area contributed by atoms with E-state index in [0.717, 1.165) is 43.2 Å². The van der Waals surface area contributed by atoms with Gasteiger partial charge >= 0.3 is 0 Å². The maximum atomic E-state index is 12.8. The first-order chi connectivity index (χ1) is 14.6. The smallest absolute Gasteiger partial charge is 0.221 e. The third-order valence-corrected chi connectivity index (χ3v) is 6.37. The molecule has 0 aliphatic heterocycles. The van der Waals surface area contributed by atoms with Crippen molar-refractivity contribution in [3.05, 3.63) is 47.1 Å². The molecule has 2 aromatic rings. The van der Waals surface area contributed by atoms with Gasteiger partial charge in [-0.05, 0) is 68.2 Å². The Morgan fingerprint density at radius 3 is 2.67 bits per heavy atom. The second kappa shape index (κ2) is 9.74. The van der Waals surface area contributed by atoms with E-state index in [2.05, 4.69) is 4.98 Å². The lowest BCUT2D eigenvalue weighted by atomic mass is 9.84. The van der Waals surface area contributed by atoms with E-state index in [0.29, 0.717) is 47.6 Å². The molecule has 158 valence electrons. The molecule has 0 spiro atoms. The first-order valence-electron chi connectivity index (χ1n) is 11.0. The zero-order chi connectivity index (χ0) is 20.9. The maximum Gasteiger partial charge on any atom is 0.221 e. The number of rotatable bonds is 9. The quantitative estimate of drug-likeness (QED) is 0.442. The lowest BCUT2D eigenvalue weighted by molar-refractivity contribution is -0.124. The Balaban J connectivity index is 1.45. The molecule has 1 aromatic carbocycles. The Kier molecular flexibility index (Phi) is 6.83. The molecule has 4 nitrogen and oxygen atoms in total. The largest absolute Gasteiger partial charge is 0.477 e. The van der Waals surface area contributed by atoms with Crippen molar-refractivity contribution < 1.29 is 14.3 Å². The highest BCUT2D eigenvalue weighted by atomic mass is 35.5. The van der Waals surface area contributed by atoms with Crippen LogP contribution in [0.4, 0.5) is 0 Å². The molecule has 2 fully saturated rings. The van der Waals surface area contributed by atoms with Gasteiger partial charge in [0.05, 0.1) is 6.61 Å². The standard InChI is InChI=1S/C25H28ClNO3/c26-21-12-10-18(11-13-21)22-14-20(15-27-25(22)30-16-17-8-9-17)24(29)7-3-5-19-4-1-2-6-23(19)28/h10-15,17,19H,1-9,16H2. The van der Waals surface area contributed by atoms with Crippen molar-refractivity contribution in [2.45, 2.75) is 57.8 Å². The number of carbonyl (C=O) groups is 2. The third kappa shape index (κ3) is 5.48. The molecule has 0 N–H and O–H groups in total. The predicted molar refractivity (Wildman–Crippen MR) is 118 cm³/mol. The predicted octanol–water partition coefficient (Wildman–Crippen LogP) is 6.30. The molecule has 1 heterocycles. The van der Waals surface area contributed by atoms with Gasteiger partial charge in [-0.1, -0.05) is 30.2 Å². The fourth-order valence-electron chi connectivity index (χ4n) is 4.05. The summed E-state index contributed by atoms with van der Waals surface area (Å²) in [5.41, 5.74) is 2.34. The molecule has 2 aliphatic rings. The number of pyridine rings is 1. The summed E-state index contributed by atoms with van der Waals surface area (Å²) in [6.07, 6.45) is 9.84. The van der Waals surface area contributed by atoms with E-state index >= 15 is 0 Å². The number of ketones is 2. The van der Waals surface area contributed by atoms with E-state index in [1.807, 2.05) is 30.3 Å². The fourth-order valence-corrected chi connectivity index (χ4v) is 4.18. The molecule has 0 bridgehead atoms. The summed E-state index contributed by atoms with van der Waals surface area (Å²) in [6.45, 7) is 0.663. The van der Waals surface area contributed by atoms with Crippen molar-refractivity contribution in [3.63, 3.8) is 0 Å². The summed E-state index contributed by atoms with van der Waals surface area (Å²) < 4.78 is 5.96. The van der Waals surface area contributed by atoms with Crippen molar-refractivity contribution in [3.8, 4) is 17.0 Å². The minimum Gasteiger partial charge on any atom is -0.477 e. The summed E-state index contributed by atoms with van der Waals surface area (Å²) in [5.74, 6) is 1.77. The van der Waals surface area contributed by atoms with Gasteiger partial charge in [-0.2, -0.15) is 0 Å². The van der Waals surface area contributed by atoms with Crippen LogP contribution in [-0.4, -0.2) is 23.2 Å². The lowest BCUT2D eigenvalue weighted by Gasteiger charge is -2.19.